The van der Waals surface area contributed by atoms with Gasteiger partial charge in [-0.25, -0.2) is 0 Å². The normalized spacial score (nSPS) is 33.9. The molecule has 2 aliphatic carbocycles. The lowest BCUT2D eigenvalue weighted by Gasteiger charge is -2.29. The number of fused-ring (bicyclic) bond motifs is 2. The molecule has 2 atom stereocenters. The fourth-order valence-corrected chi connectivity index (χ4v) is 4.46. The Morgan fingerprint density at radius 1 is 1.40 bits per heavy atom. The lowest BCUT2D eigenvalue weighted by atomic mass is 9.85. The first-order valence-corrected chi connectivity index (χ1v) is 8.43. The van der Waals surface area contributed by atoms with Crippen molar-refractivity contribution in [2.45, 2.75) is 38.3 Å². The molecule has 2 nitrogen and oxygen atoms in total. The first-order chi connectivity index (χ1) is 7.11. The van der Waals surface area contributed by atoms with Crippen molar-refractivity contribution >= 4 is 8.56 Å². The van der Waals surface area contributed by atoms with E-state index in [4.69, 9.17) is 8.85 Å². The van der Waals surface area contributed by atoms with Crippen molar-refractivity contribution in [1.82, 2.24) is 0 Å². The van der Waals surface area contributed by atoms with E-state index in [2.05, 4.69) is 18.7 Å². The zero-order valence-corrected chi connectivity index (χ0v) is 11.1. The Morgan fingerprint density at radius 3 is 2.53 bits per heavy atom. The van der Waals surface area contributed by atoms with Gasteiger partial charge in [-0.05, 0) is 49.6 Å². The first kappa shape index (κ1) is 11.4. The molecule has 0 N–H and O–H groups in total. The molecule has 1 saturated carbocycles. The van der Waals surface area contributed by atoms with Crippen molar-refractivity contribution in [3.63, 3.8) is 0 Å². The highest BCUT2D eigenvalue weighted by Crippen LogP contribution is 2.52. The SMILES string of the molecule is CO[Si](C)(CCC12C=CC(CC1)C2)OC. The second kappa shape index (κ2) is 4.04. The number of allylic oxidation sites excluding steroid dienone is 2. The third-order valence-corrected chi connectivity index (χ3v) is 7.23. The molecule has 0 radical (unpaired) electrons. The van der Waals surface area contributed by atoms with Crippen LogP contribution in [0.3, 0.4) is 0 Å². The Balaban J connectivity index is 1.90. The van der Waals surface area contributed by atoms with Crippen LogP contribution in [0.25, 0.3) is 0 Å². The molecule has 2 unspecified atom stereocenters. The first-order valence-electron chi connectivity index (χ1n) is 5.91. The van der Waals surface area contributed by atoms with Crippen molar-refractivity contribution in [3.05, 3.63) is 12.2 Å². The van der Waals surface area contributed by atoms with Crippen LogP contribution in [0, 0.1) is 11.3 Å². The second-order valence-electron chi connectivity index (χ2n) is 5.27. The molecule has 86 valence electrons. The molecule has 15 heavy (non-hydrogen) atoms. The van der Waals surface area contributed by atoms with Gasteiger partial charge < -0.3 is 8.85 Å². The molecule has 0 spiro atoms. The van der Waals surface area contributed by atoms with Crippen LogP contribution in [0.5, 0.6) is 0 Å². The third-order valence-electron chi connectivity index (χ3n) is 4.34. The summed E-state index contributed by atoms with van der Waals surface area (Å²) in [6.07, 6.45) is 10.3. The largest absolute Gasteiger partial charge is 0.398 e. The quantitative estimate of drug-likeness (QED) is 0.530. The standard InChI is InChI=1S/C12H22O2Si/c1-13-15(3,14-2)9-8-12-6-4-11(10-12)5-7-12/h4,6,11H,5,7-10H2,1-3H3. The van der Waals surface area contributed by atoms with E-state index in [1.165, 1.54) is 25.7 Å². The van der Waals surface area contributed by atoms with Gasteiger partial charge in [-0.3, -0.25) is 0 Å². The van der Waals surface area contributed by atoms with Crippen molar-refractivity contribution in [2.24, 2.45) is 11.3 Å². The number of hydrogen-bond acceptors (Lipinski definition) is 2. The number of hydrogen-bond donors (Lipinski definition) is 0. The molecule has 0 aliphatic heterocycles. The summed E-state index contributed by atoms with van der Waals surface area (Å²) in [6, 6.07) is 1.12. The maximum atomic E-state index is 5.54. The molecule has 0 aromatic heterocycles. The summed E-state index contributed by atoms with van der Waals surface area (Å²) in [5.74, 6) is 0.878. The molecule has 0 heterocycles. The molecule has 0 saturated heterocycles. The van der Waals surface area contributed by atoms with Gasteiger partial charge in [0.1, 0.15) is 0 Å². The van der Waals surface area contributed by atoms with Crippen LogP contribution in [-0.4, -0.2) is 22.8 Å². The molecule has 0 aromatic rings. The Kier molecular flexibility index (Phi) is 3.06. The zero-order valence-electron chi connectivity index (χ0n) is 10.1. The van der Waals surface area contributed by atoms with E-state index in [0.29, 0.717) is 5.41 Å². The average molecular weight is 226 g/mol. The van der Waals surface area contributed by atoms with Crippen LogP contribution in [0.1, 0.15) is 25.7 Å². The van der Waals surface area contributed by atoms with Crippen LogP contribution in [-0.2, 0) is 8.85 Å². The molecular formula is C12H22O2Si. The molecule has 1 fully saturated rings. The van der Waals surface area contributed by atoms with E-state index < -0.39 is 8.56 Å². The average Bonchev–Trinajstić information content (AvgIpc) is 2.87. The summed E-state index contributed by atoms with van der Waals surface area (Å²) in [4.78, 5) is 0. The summed E-state index contributed by atoms with van der Waals surface area (Å²) < 4.78 is 11.1. The molecule has 2 bridgehead atoms. The number of rotatable bonds is 5. The summed E-state index contributed by atoms with van der Waals surface area (Å²) >= 11 is 0. The van der Waals surface area contributed by atoms with Crippen molar-refractivity contribution in [1.29, 1.82) is 0 Å². The van der Waals surface area contributed by atoms with E-state index in [1.54, 1.807) is 14.2 Å². The maximum Gasteiger partial charge on any atom is 0.334 e. The van der Waals surface area contributed by atoms with E-state index in [-0.39, 0.29) is 0 Å². The minimum Gasteiger partial charge on any atom is -0.398 e. The molecular weight excluding hydrogens is 204 g/mol. The highest BCUT2D eigenvalue weighted by atomic mass is 28.4. The van der Waals surface area contributed by atoms with Crippen molar-refractivity contribution in [3.8, 4) is 0 Å². The second-order valence-corrected chi connectivity index (χ2v) is 8.85. The minimum absolute atomic E-state index is 0.510. The Labute approximate surface area is 93.9 Å². The summed E-state index contributed by atoms with van der Waals surface area (Å²) in [7, 11) is 1.73. The van der Waals surface area contributed by atoms with Crippen LogP contribution in [0.15, 0.2) is 12.2 Å². The van der Waals surface area contributed by atoms with Crippen molar-refractivity contribution < 1.29 is 8.85 Å². The van der Waals surface area contributed by atoms with Gasteiger partial charge in [-0.1, -0.05) is 12.2 Å². The van der Waals surface area contributed by atoms with Crippen LogP contribution in [0.2, 0.25) is 12.6 Å². The van der Waals surface area contributed by atoms with Gasteiger partial charge in [-0.2, -0.15) is 0 Å². The van der Waals surface area contributed by atoms with Crippen LogP contribution < -0.4 is 0 Å². The minimum atomic E-state index is -1.84. The highest BCUT2D eigenvalue weighted by Gasteiger charge is 2.42. The lowest BCUT2D eigenvalue weighted by Crippen LogP contribution is -2.37. The predicted octanol–water partition coefficient (Wildman–Crippen LogP) is 3.10. The Hall–Kier alpha value is -0.123. The molecule has 3 heteroatoms. The molecule has 2 rings (SSSR count). The highest BCUT2D eigenvalue weighted by molar-refractivity contribution is 6.65. The van der Waals surface area contributed by atoms with E-state index in [1.807, 2.05) is 0 Å². The Bertz CT molecular complexity index is 260. The van der Waals surface area contributed by atoms with Gasteiger partial charge in [0, 0.05) is 14.2 Å². The molecule has 0 aromatic carbocycles. The van der Waals surface area contributed by atoms with Gasteiger partial charge in [-0.15, -0.1) is 0 Å². The van der Waals surface area contributed by atoms with Gasteiger partial charge in [0.05, 0.1) is 0 Å². The predicted molar refractivity (Wildman–Crippen MR) is 64.0 cm³/mol. The van der Waals surface area contributed by atoms with Gasteiger partial charge in [0.15, 0.2) is 0 Å². The van der Waals surface area contributed by atoms with E-state index in [9.17, 15) is 0 Å². The van der Waals surface area contributed by atoms with Gasteiger partial charge in [0.25, 0.3) is 0 Å². The smallest absolute Gasteiger partial charge is 0.334 e. The maximum absolute atomic E-state index is 5.54. The third kappa shape index (κ3) is 2.19. The Morgan fingerprint density at radius 2 is 2.13 bits per heavy atom. The van der Waals surface area contributed by atoms with Gasteiger partial charge in [0.2, 0.25) is 0 Å². The van der Waals surface area contributed by atoms with Crippen LogP contribution in [0.4, 0.5) is 0 Å². The monoisotopic (exact) mass is 226 g/mol. The zero-order chi connectivity index (χ0) is 10.9. The van der Waals surface area contributed by atoms with E-state index in [0.717, 1.165) is 12.0 Å². The van der Waals surface area contributed by atoms with Crippen molar-refractivity contribution in [2.75, 3.05) is 14.2 Å². The lowest BCUT2D eigenvalue weighted by molar-refractivity contribution is 0.240. The summed E-state index contributed by atoms with van der Waals surface area (Å²) in [5.41, 5.74) is 0.510. The summed E-state index contributed by atoms with van der Waals surface area (Å²) in [6.45, 7) is 2.16. The van der Waals surface area contributed by atoms with Gasteiger partial charge >= 0.3 is 8.56 Å². The van der Waals surface area contributed by atoms with E-state index >= 15 is 0 Å². The summed E-state index contributed by atoms with van der Waals surface area (Å²) in [5, 5.41) is 0. The molecule has 2 aliphatic rings. The topological polar surface area (TPSA) is 18.5 Å². The molecule has 0 amide bonds. The fraction of sp³-hybridized carbons (Fsp3) is 0.833. The fourth-order valence-electron chi connectivity index (χ4n) is 2.93. The van der Waals surface area contributed by atoms with Crippen LogP contribution >= 0.6 is 0 Å².